The van der Waals surface area contributed by atoms with E-state index in [1.807, 2.05) is 60.7 Å². The predicted molar refractivity (Wildman–Crippen MR) is 114 cm³/mol. The van der Waals surface area contributed by atoms with Gasteiger partial charge in [-0.2, -0.15) is 0 Å². The van der Waals surface area contributed by atoms with Gasteiger partial charge in [-0.05, 0) is 48.9 Å². The van der Waals surface area contributed by atoms with Gasteiger partial charge in [0.05, 0.1) is 13.2 Å². The third-order valence-electron chi connectivity index (χ3n) is 4.54. The molecule has 0 radical (unpaired) electrons. The van der Waals surface area contributed by atoms with Gasteiger partial charge in [-0.3, -0.25) is 0 Å². The molecule has 0 saturated heterocycles. The highest BCUT2D eigenvalue weighted by Crippen LogP contribution is 2.07. The van der Waals surface area contributed by atoms with Crippen LogP contribution in [0.25, 0.3) is 0 Å². The highest BCUT2D eigenvalue weighted by Gasteiger charge is 2.14. The zero-order valence-corrected chi connectivity index (χ0v) is 16.8. The Kier molecular flexibility index (Phi) is 8.15. The Morgan fingerprint density at radius 2 is 1.03 bits per heavy atom. The first kappa shape index (κ1) is 21.2. The first-order chi connectivity index (χ1) is 14.7. The van der Waals surface area contributed by atoms with Crippen LogP contribution in [0.1, 0.15) is 44.9 Å². The van der Waals surface area contributed by atoms with Crippen LogP contribution >= 0.6 is 0 Å². The molecule has 154 valence electrons. The molecule has 0 amide bonds. The lowest BCUT2D eigenvalue weighted by atomic mass is 10.1. The van der Waals surface area contributed by atoms with Crippen LogP contribution in [0.5, 0.6) is 0 Å². The summed E-state index contributed by atoms with van der Waals surface area (Å²) in [5, 5.41) is 0. The number of rotatable bonds is 10. The molecule has 1 heterocycles. The number of pyridine rings is 1. The minimum Gasteiger partial charge on any atom is -0.461 e. The normalized spacial score (nSPS) is 10.4. The molecule has 0 spiro atoms. The van der Waals surface area contributed by atoms with Gasteiger partial charge in [-0.1, -0.05) is 66.7 Å². The summed E-state index contributed by atoms with van der Waals surface area (Å²) in [6, 6.07) is 24.7. The Bertz CT molecular complexity index is 867. The Hall–Kier alpha value is -3.47. The van der Waals surface area contributed by atoms with Crippen molar-refractivity contribution in [2.24, 2.45) is 0 Å². The number of benzene rings is 2. The minimum absolute atomic E-state index is 0.105. The van der Waals surface area contributed by atoms with Crippen molar-refractivity contribution in [3.63, 3.8) is 0 Å². The Morgan fingerprint density at radius 1 is 0.600 bits per heavy atom. The number of hydrogen-bond donors (Lipinski definition) is 0. The fourth-order valence-corrected chi connectivity index (χ4v) is 2.98. The molecule has 0 aliphatic heterocycles. The summed E-state index contributed by atoms with van der Waals surface area (Å²) in [5.74, 6) is -1.08. The van der Waals surface area contributed by atoms with Gasteiger partial charge in [0.25, 0.3) is 0 Å². The lowest BCUT2D eigenvalue weighted by Crippen LogP contribution is -2.14. The van der Waals surface area contributed by atoms with E-state index >= 15 is 0 Å². The van der Waals surface area contributed by atoms with Crippen molar-refractivity contribution in [2.45, 2.75) is 25.7 Å². The van der Waals surface area contributed by atoms with Crippen molar-refractivity contribution >= 4 is 11.9 Å². The molecule has 3 aromatic rings. The van der Waals surface area contributed by atoms with E-state index in [9.17, 15) is 9.59 Å². The van der Waals surface area contributed by atoms with Gasteiger partial charge in [0, 0.05) is 0 Å². The second-order valence-corrected chi connectivity index (χ2v) is 6.86. The van der Waals surface area contributed by atoms with Crippen LogP contribution in [0.4, 0.5) is 0 Å². The zero-order valence-electron chi connectivity index (χ0n) is 16.8. The van der Waals surface area contributed by atoms with Gasteiger partial charge < -0.3 is 9.47 Å². The maximum absolute atomic E-state index is 12.2. The summed E-state index contributed by atoms with van der Waals surface area (Å²) in [7, 11) is 0. The number of aryl methyl sites for hydroxylation is 2. The molecule has 0 fully saturated rings. The average Bonchev–Trinajstić information content (AvgIpc) is 2.81. The monoisotopic (exact) mass is 403 g/mol. The van der Waals surface area contributed by atoms with Gasteiger partial charge in [-0.25, -0.2) is 14.6 Å². The predicted octanol–water partition coefficient (Wildman–Crippen LogP) is 4.66. The van der Waals surface area contributed by atoms with E-state index in [1.165, 1.54) is 23.3 Å². The van der Waals surface area contributed by atoms with Crippen LogP contribution in [0.15, 0.2) is 78.9 Å². The fraction of sp³-hybridized carbons (Fsp3) is 0.240. The summed E-state index contributed by atoms with van der Waals surface area (Å²) in [4.78, 5) is 28.5. The third-order valence-corrected chi connectivity index (χ3v) is 4.54. The topological polar surface area (TPSA) is 65.5 Å². The summed E-state index contributed by atoms with van der Waals surface area (Å²) in [5.41, 5.74) is 2.61. The molecule has 5 nitrogen and oxygen atoms in total. The molecule has 5 heteroatoms. The van der Waals surface area contributed by atoms with Gasteiger partial charge in [-0.15, -0.1) is 0 Å². The fourth-order valence-electron chi connectivity index (χ4n) is 2.98. The number of nitrogens with zero attached hydrogens (tertiary/aromatic N) is 1. The third kappa shape index (κ3) is 6.85. The molecule has 3 rings (SSSR count). The highest BCUT2D eigenvalue weighted by molar-refractivity contribution is 5.91. The van der Waals surface area contributed by atoms with Crippen molar-refractivity contribution in [1.82, 2.24) is 4.98 Å². The van der Waals surface area contributed by atoms with Crippen LogP contribution in [0, 0.1) is 0 Å². The second-order valence-electron chi connectivity index (χ2n) is 6.86. The maximum Gasteiger partial charge on any atom is 0.356 e. The van der Waals surface area contributed by atoms with E-state index in [1.54, 1.807) is 6.07 Å². The number of carbonyl (C=O) groups excluding carboxylic acids is 2. The maximum atomic E-state index is 12.2. The Morgan fingerprint density at radius 3 is 1.47 bits per heavy atom. The first-order valence-corrected chi connectivity index (χ1v) is 10.1. The number of carbonyl (C=O) groups is 2. The molecule has 0 aliphatic carbocycles. The summed E-state index contributed by atoms with van der Waals surface area (Å²) in [6.07, 6.45) is 3.10. The summed E-state index contributed by atoms with van der Waals surface area (Å²) in [6.45, 7) is 0.590. The smallest absolute Gasteiger partial charge is 0.356 e. The van der Waals surface area contributed by atoms with Crippen LogP contribution in [0.2, 0.25) is 0 Å². The van der Waals surface area contributed by atoms with Crippen molar-refractivity contribution in [1.29, 1.82) is 0 Å². The molecule has 2 aromatic carbocycles. The molecule has 30 heavy (non-hydrogen) atoms. The molecule has 1 aromatic heterocycles. The van der Waals surface area contributed by atoms with Crippen molar-refractivity contribution in [3.8, 4) is 0 Å². The van der Waals surface area contributed by atoms with E-state index in [2.05, 4.69) is 4.98 Å². The Labute approximate surface area is 176 Å². The Balaban J connectivity index is 1.41. The largest absolute Gasteiger partial charge is 0.461 e. The summed E-state index contributed by atoms with van der Waals surface area (Å²) >= 11 is 0. The SMILES string of the molecule is O=C(OCCCc1ccccc1)c1cccc(C(=O)OCCCc2ccccc2)n1. The van der Waals surface area contributed by atoms with E-state index in [0.717, 1.165) is 25.7 Å². The zero-order chi connectivity index (χ0) is 21.0. The van der Waals surface area contributed by atoms with Gasteiger partial charge in [0.15, 0.2) is 0 Å². The van der Waals surface area contributed by atoms with Crippen LogP contribution in [-0.2, 0) is 22.3 Å². The van der Waals surface area contributed by atoms with Crippen LogP contribution in [0.3, 0.4) is 0 Å². The van der Waals surface area contributed by atoms with Gasteiger partial charge >= 0.3 is 11.9 Å². The molecule has 0 unspecified atom stereocenters. The van der Waals surface area contributed by atoms with Gasteiger partial charge in [0.2, 0.25) is 0 Å². The molecule has 0 N–H and O–H groups in total. The van der Waals surface area contributed by atoms with Crippen molar-refractivity contribution < 1.29 is 19.1 Å². The quantitative estimate of drug-likeness (QED) is 0.364. The molecule has 0 atom stereocenters. The lowest BCUT2D eigenvalue weighted by Gasteiger charge is -2.07. The molecule has 0 saturated carbocycles. The number of esters is 2. The molecule has 0 aliphatic rings. The number of hydrogen-bond acceptors (Lipinski definition) is 5. The molecule has 0 bridgehead atoms. The van der Waals surface area contributed by atoms with Gasteiger partial charge in [0.1, 0.15) is 11.4 Å². The second kappa shape index (κ2) is 11.5. The van der Waals surface area contributed by atoms with Crippen molar-refractivity contribution in [3.05, 3.63) is 101 Å². The van der Waals surface area contributed by atoms with Crippen molar-refractivity contribution in [2.75, 3.05) is 13.2 Å². The lowest BCUT2D eigenvalue weighted by molar-refractivity contribution is 0.0485. The average molecular weight is 403 g/mol. The van der Waals surface area contributed by atoms with E-state index < -0.39 is 11.9 Å². The van der Waals surface area contributed by atoms with Crippen LogP contribution < -0.4 is 0 Å². The molecular formula is C25H25NO4. The standard InChI is InChI=1S/C25H25NO4/c27-24(29-18-8-14-20-10-3-1-4-11-20)22-16-7-17-23(26-22)25(28)30-19-9-15-21-12-5-2-6-13-21/h1-7,10-13,16-17H,8-9,14-15,18-19H2. The van der Waals surface area contributed by atoms with E-state index in [-0.39, 0.29) is 11.4 Å². The highest BCUT2D eigenvalue weighted by atomic mass is 16.5. The summed E-state index contributed by atoms with van der Waals surface area (Å²) < 4.78 is 10.6. The molecular weight excluding hydrogens is 378 g/mol. The minimum atomic E-state index is -0.540. The van der Waals surface area contributed by atoms with E-state index in [4.69, 9.17) is 9.47 Å². The number of aromatic nitrogens is 1. The van der Waals surface area contributed by atoms with E-state index in [0.29, 0.717) is 13.2 Å². The van der Waals surface area contributed by atoms with Crippen LogP contribution in [-0.4, -0.2) is 30.1 Å². The first-order valence-electron chi connectivity index (χ1n) is 10.1. The number of ether oxygens (including phenoxy) is 2.